The number of hydrogen-bond donors (Lipinski definition) is 1. The second-order valence-corrected chi connectivity index (χ2v) is 4.73. The Morgan fingerprint density at radius 2 is 2.05 bits per heavy atom. The lowest BCUT2D eigenvalue weighted by atomic mass is 10.2. The van der Waals surface area contributed by atoms with Gasteiger partial charge >= 0.3 is 0 Å². The van der Waals surface area contributed by atoms with Gasteiger partial charge in [-0.1, -0.05) is 35.6 Å². The number of aliphatic hydroxyl groups is 1. The molecule has 0 aliphatic heterocycles. The van der Waals surface area contributed by atoms with Crippen LogP contribution in [0.4, 0.5) is 4.39 Å². The minimum Gasteiger partial charge on any atom is -0.489 e. The van der Waals surface area contributed by atoms with Crippen LogP contribution in [-0.2, 0) is 6.61 Å². The third-order valence-electron chi connectivity index (χ3n) is 2.71. The molecule has 0 saturated carbocycles. The largest absolute Gasteiger partial charge is 0.489 e. The van der Waals surface area contributed by atoms with Gasteiger partial charge in [-0.2, -0.15) is 0 Å². The zero-order valence-electron chi connectivity index (χ0n) is 11.3. The molecular formula is C17H14ClFO2. The standard InChI is InChI=1S/C17H14ClFO2/c18-17-11-15(19)8-7-14(17)12-21-16-6-3-5-13(10-16)4-1-2-9-20/h3,5-8,10-11,20H,2,9,12H2. The van der Waals surface area contributed by atoms with E-state index >= 15 is 0 Å². The molecule has 2 aromatic rings. The molecule has 0 saturated heterocycles. The number of hydrogen-bond acceptors (Lipinski definition) is 2. The number of aliphatic hydroxyl groups excluding tert-OH is 1. The van der Waals surface area contributed by atoms with Crippen LogP contribution in [0.3, 0.4) is 0 Å². The van der Waals surface area contributed by atoms with Gasteiger partial charge in [0.15, 0.2) is 0 Å². The van der Waals surface area contributed by atoms with Crippen molar-refractivity contribution >= 4 is 11.6 Å². The molecule has 2 aromatic carbocycles. The first-order chi connectivity index (χ1) is 10.2. The average Bonchev–Trinajstić information content (AvgIpc) is 2.47. The Bertz CT molecular complexity index is 674. The van der Waals surface area contributed by atoms with Crippen LogP contribution in [0.25, 0.3) is 0 Å². The number of benzene rings is 2. The highest BCUT2D eigenvalue weighted by Gasteiger charge is 2.03. The first kappa shape index (κ1) is 15.4. The van der Waals surface area contributed by atoms with Crippen molar-refractivity contribution in [3.05, 3.63) is 64.4 Å². The maximum absolute atomic E-state index is 13.0. The summed E-state index contributed by atoms with van der Waals surface area (Å²) in [7, 11) is 0. The monoisotopic (exact) mass is 304 g/mol. The molecule has 0 radical (unpaired) electrons. The van der Waals surface area contributed by atoms with Crippen LogP contribution >= 0.6 is 11.6 Å². The fourth-order valence-corrected chi connectivity index (χ4v) is 1.91. The molecule has 0 aliphatic carbocycles. The van der Waals surface area contributed by atoms with E-state index in [-0.39, 0.29) is 19.0 Å². The minimum absolute atomic E-state index is 0.0479. The maximum atomic E-state index is 13.0. The summed E-state index contributed by atoms with van der Waals surface area (Å²) in [5, 5.41) is 9.03. The maximum Gasteiger partial charge on any atom is 0.124 e. The minimum atomic E-state index is -0.370. The quantitative estimate of drug-likeness (QED) is 0.871. The Kier molecular flexibility index (Phi) is 5.62. The van der Waals surface area contributed by atoms with Crippen molar-refractivity contribution < 1.29 is 14.2 Å². The molecule has 1 N–H and O–H groups in total. The second-order valence-electron chi connectivity index (χ2n) is 4.33. The zero-order chi connectivity index (χ0) is 15.1. The Morgan fingerprint density at radius 3 is 2.81 bits per heavy atom. The van der Waals surface area contributed by atoms with Gasteiger partial charge < -0.3 is 9.84 Å². The summed E-state index contributed by atoms with van der Waals surface area (Å²) in [6.45, 7) is 0.304. The molecule has 2 rings (SSSR count). The summed E-state index contributed by atoms with van der Waals surface area (Å²) >= 11 is 5.95. The first-order valence-corrected chi connectivity index (χ1v) is 6.83. The Hall–Kier alpha value is -2.02. The van der Waals surface area contributed by atoms with Crippen LogP contribution in [0.1, 0.15) is 17.5 Å². The highest BCUT2D eigenvalue weighted by molar-refractivity contribution is 6.31. The van der Waals surface area contributed by atoms with Gasteiger partial charge in [-0.25, -0.2) is 4.39 Å². The van der Waals surface area contributed by atoms with E-state index in [0.29, 0.717) is 17.2 Å². The van der Waals surface area contributed by atoms with Gasteiger partial charge in [0.2, 0.25) is 0 Å². The van der Waals surface area contributed by atoms with Crippen LogP contribution in [0, 0.1) is 17.7 Å². The lowest BCUT2D eigenvalue weighted by Gasteiger charge is -2.08. The van der Waals surface area contributed by atoms with Crippen molar-refractivity contribution in [2.24, 2.45) is 0 Å². The lowest BCUT2D eigenvalue weighted by Crippen LogP contribution is -1.97. The normalized spacial score (nSPS) is 9.86. The molecule has 0 aliphatic rings. The van der Waals surface area contributed by atoms with Crippen LogP contribution < -0.4 is 4.74 Å². The van der Waals surface area contributed by atoms with Crippen LogP contribution in [-0.4, -0.2) is 11.7 Å². The number of rotatable bonds is 4. The van der Waals surface area contributed by atoms with E-state index in [1.807, 2.05) is 24.3 Å². The molecule has 2 nitrogen and oxygen atoms in total. The molecule has 0 atom stereocenters. The zero-order valence-corrected chi connectivity index (χ0v) is 12.0. The highest BCUT2D eigenvalue weighted by atomic mass is 35.5. The highest BCUT2D eigenvalue weighted by Crippen LogP contribution is 2.20. The molecule has 0 heterocycles. The third-order valence-corrected chi connectivity index (χ3v) is 3.06. The Balaban J connectivity index is 2.03. The smallest absolute Gasteiger partial charge is 0.124 e. The molecule has 21 heavy (non-hydrogen) atoms. The van der Waals surface area contributed by atoms with Crippen molar-refractivity contribution in [3.63, 3.8) is 0 Å². The van der Waals surface area contributed by atoms with Gasteiger partial charge in [-0.15, -0.1) is 0 Å². The number of halogens is 2. The second kappa shape index (κ2) is 7.68. The van der Waals surface area contributed by atoms with E-state index in [9.17, 15) is 4.39 Å². The predicted octanol–water partition coefficient (Wildman–Crippen LogP) is 3.79. The summed E-state index contributed by atoms with van der Waals surface area (Å²) in [5.74, 6) is 6.07. The van der Waals surface area contributed by atoms with E-state index in [2.05, 4.69) is 11.8 Å². The average molecular weight is 305 g/mol. The topological polar surface area (TPSA) is 29.5 Å². The van der Waals surface area contributed by atoms with Crippen molar-refractivity contribution in [1.82, 2.24) is 0 Å². The van der Waals surface area contributed by atoms with Crippen molar-refractivity contribution in [3.8, 4) is 17.6 Å². The van der Waals surface area contributed by atoms with E-state index in [4.69, 9.17) is 21.4 Å². The van der Waals surface area contributed by atoms with Crippen molar-refractivity contribution in [1.29, 1.82) is 0 Å². The SMILES string of the molecule is OCCC#Cc1cccc(OCc2ccc(F)cc2Cl)c1. The summed E-state index contributed by atoms with van der Waals surface area (Å²) in [5.41, 5.74) is 1.53. The fourth-order valence-electron chi connectivity index (χ4n) is 1.68. The van der Waals surface area contributed by atoms with Gasteiger partial charge in [0.25, 0.3) is 0 Å². The Labute approximate surface area is 128 Å². The summed E-state index contributed by atoms with van der Waals surface area (Å²) < 4.78 is 18.6. The van der Waals surface area contributed by atoms with Gasteiger partial charge in [0, 0.05) is 17.5 Å². The molecule has 0 bridgehead atoms. The summed E-state index contributed by atoms with van der Waals surface area (Å²) in [6, 6.07) is 11.5. The first-order valence-electron chi connectivity index (χ1n) is 6.45. The van der Waals surface area contributed by atoms with E-state index in [1.54, 1.807) is 6.07 Å². The molecular weight excluding hydrogens is 291 g/mol. The summed E-state index contributed by atoms with van der Waals surface area (Å²) in [4.78, 5) is 0. The molecule has 0 fully saturated rings. The van der Waals surface area contributed by atoms with E-state index in [1.165, 1.54) is 12.1 Å². The molecule has 0 amide bonds. The van der Waals surface area contributed by atoms with Gasteiger partial charge in [-0.3, -0.25) is 0 Å². The van der Waals surface area contributed by atoms with Gasteiger partial charge in [0.05, 0.1) is 11.6 Å². The van der Waals surface area contributed by atoms with Crippen LogP contribution in [0.5, 0.6) is 5.75 Å². The molecule has 0 unspecified atom stereocenters. The van der Waals surface area contributed by atoms with E-state index < -0.39 is 0 Å². The summed E-state index contributed by atoms with van der Waals surface area (Å²) in [6.07, 6.45) is 0.441. The van der Waals surface area contributed by atoms with Gasteiger partial charge in [0.1, 0.15) is 18.2 Å². The van der Waals surface area contributed by atoms with Gasteiger partial charge in [-0.05, 0) is 30.3 Å². The van der Waals surface area contributed by atoms with Crippen molar-refractivity contribution in [2.45, 2.75) is 13.0 Å². The number of ether oxygens (including phenoxy) is 1. The van der Waals surface area contributed by atoms with Crippen molar-refractivity contribution in [2.75, 3.05) is 6.61 Å². The Morgan fingerprint density at radius 1 is 1.19 bits per heavy atom. The van der Waals surface area contributed by atoms with Crippen LogP contribution in [0.15, 0.2) is 42.5 Å². The molecule has 0 spiro atoms. The van der Waals surface area contributed by atoms with Crippen LogP contribution in [0.2, 0.25) is 5.02 Å². The molecule has 4 heteroatoms. The molecule has 108 valence electrons. The fraction of sp³-hybridized carbons (Fsp3) is 0.176. The van der Waals surface area contributed by atoms with E-state index in [0.717, 1.165) is 11.1 Å². The third kappa shape index (κ3) is 4.78. The lowest BCUT2D eigenvalue weighted by molar-refractivity contribution is 0.305. The predicted molar refractivity (Wildman–Crippen MR) is 80.8 cm³/mol. The molecule has 0 aromatic heterocycles.